The summed E-state index contributed by atoms with van der Waals surface area (Å²) in [6, 6.07) is 10.7. The first-order valence-electron chi connectivity index (χ1n) is 5.95. The summed E-state index contributed by atoms with van der Waals surface area (Å²) in [4.78, 5) is 2.25. The molecule has 3 atom stereocenters. The second-order valence-electron chi connectivity index (χ2n) is 4.66. The molecule has 0 spiro atoms. The second kappa shape index (κ2) is 7.36. The number of benzene rings is 1. The molecule has 1 aromatic carbocycles. The van der Waals surface area contributed by atoms with E-state index in [1.165, 1.54) is 5.56 Å². The fourth-order valence-corrected chi connectivity index (χ4v) is 2.34. The average molecular weight is 259 g/mol. The van der Waals surface area contributed by atoms with Crippen molar-refractivity contribution in [3.05, 3.63) is 42.3 Å². The number of rotatable bonds is 2. The van der Waals surface area contributed by atoms with Gasteiger partial charge in [0.15, 0.2) is 0 Å². The van der Waals surface area contributed by atoms with Crippen LogP contribution in [0.4, 0.5) is 4.39 Å². The van der Waals surface area contributed by atoms with Gasteiger partial charge in [0.2, 0.25) is 0 Å². The van der Waals surface area contributed by atoms with Crippen LogP contribution >= 0.6 is 0 Å². The summed E-state index contributed by atoms with van der Waals surface area (Å²) in [5.41, 5.74) is 1.26. The smallest absolute Gasteiger partial charge is 0.296 e. The third kappa shape index (κ3) is 4.12. The van der Waals surface area contributed by atoms with Crippen LogP contribution in [0.5, 0.6) is 0 Å². The van der Waals surface area contributed by atoms with Gasteiger partial charge in [-0.3, -0.25) is 15.7 Å². The van der Waals surface area contributed by atoms with E-state index in [0.29, 0.717) is 6.04 Å². The van der Waals surface area contributed by atoms with Gasteiger partial charge in [-0.15, -0.1) is 0 Å². The van der Waals surface area contributed by atoms with Crippen molar-refractivity contribution < 1.29 is 55.8 Å². The standard InChI is InChI=1S/C14H19FN.K/c1-11-8-9-14(15)12(2)16(11)10-13-6-4-3-5-7-13;/h3-7,9,11-12,14H,8,10H2,1-2H3;/q-1;+1. The molecule has 0 aliphatic carbocycles. The number of likely N-dealkylation sites (tertiary alicyclic amines) is 1. The summed E-state index contributed by atoms with van der Waals surface area (Å²) in [7, 11) is 0. The first-order chi connectivity index (χ1) is 7.68. The molecule has 1 saturated heterocycles. The van der Waals surface area contributed by atoms with Crippen molar-refractivity contribution in [2.75, 3.05) is 0 Å². The molecule has 1 aliphatic rings. The maximum atomic E-state index is 13.6. The quantitative estimate of drug-likeness (QED) is 0.542. The Bertz CT molecular complexity index is 330. The first-order valence-corrected chi connectivity index (χ1v) is 5.95. The van der Waals surface area contributed by atoms with E-state index in [2.05, 4.69) is 24.0 Å². The fourth-order valence-electron chi connectivity index (χ4n) is 2.34. The number of hydrogen-bond acceptors (Lipinski definition) is 1. The second-order valence-corrected chi connectivity index (χ2v) is 4.66. The Morgan fingerprint density at radius 3 is 2.59 bits per heavy atom. The summed E-state index contributed by atoms with van der Waals surface area (Å²) in [5.74, 6) is 0. The van der Waals surface area contributed by atoms with Gasteiger partial charge in [-0.2, -0.15) is 6.42 Å². The van der Waals surface area contributed by atoms with Crippen molar-refractivity contribution in [2.24, 2.45) is 0 Å². The molecule has 3 unspecified atom stereocenters. The van der Waals surface area contributed by atoms with Crippen molar-refractivity contribution in [2.45, 2.75) is 45.1 Å². The molecular weight excluding hydrogens is 240 g/mol. The van der Waals surface area contributed by atoms with E-state index in [9.17, 15) is 4.39 Å². The first kappa shape index (κ1) is 15.8. The molecule has 1 fully saturated rings. The van der Waals surface area contributed by atoms with Crippen molar-refractivity contribution in [1.29, 1.82) is 0 Å². The van der Waals surface area contributed by atoms with E-state index >= 15 is 0 Å². The van der Waals surface area contributed by atoms with Crippen molar-refractivity contribution in [3.8, 4) is 0 Å². The van der Waals surface area contributed by atoms with Crippen LogP contribution in [-0.4, -0.2) is 23.2 Å². The van der Waals surface area contributed by atoms with Crippen LogP contribution in [0.15, 0.2) is 30.3 Å². The Morgan fingerprint density at radius 2 is 1.94 bits per heavy atom. The molecule has 3 heteroatoms. The van der Waals surface area contributed by atoms with Gasteiger partial charge in [0.1, 0.15) is 0 Å². The van der Waals surface area contributed by atoms with Crippen molar-refractivity contribution >= 4 is 0 Å². The van der Waals surface area contributed by atoms with Crippen LogP contribution in [0.3, 0.4) is 0 Å². The van der Waals surface area contributed by atoms with Crippen LogP contribution in [0.1, 0.15) is 25.8 Å². The molecule has 2 rings (SSSR count). The fraction of sp³-hybridized carbons (Fsp3) is 0.500. The molecule has 0 aromatic heterocycles. The Labute approximate surface area is 146 Å². The molecule has 1 aliphatic heterocycles. The van der Waals surface area contributed by atoms with E-state index in [4.69, 9.17) is 0 Å². The third-order valence-corrected chi connectivity index (χ3v) is 3.46. The van der Waals surface area contributed by atoms with Gasteiger partial charge < -0.3 is 0 Å². The summed E-state index contributed by atoms with van der Waals surface area (Å²) >= 11 is 0. The topological polar surface area (TPSA) is 3.24 Å². The zero-order valence-corrected chi connectivity index (χ0v) is 14.1. The summed E-state index contributed by atoms with van der Waals surface area (Å²) < 4.78 is 13.6. The predicted molar refractivity (Wildman–Crippen MR) is 64.7 cm³/mol. The molecule has 0 bridgehead atoms. The maximum absolute atomic E-state index is 13.6. The van der Waals surface area contributed by atoms with Gasteiger partial charge in [0.05, 0.1) is 0 Å². The Kier molecular flexibility index (Phi) is 6.84. The summed E-state index contributed by atoms with van der Waals surface area (Å²) in [5, 5.41) is 0. The maximum Gasteiger partial charge on any atom is 1.00 e. The predicted octanol–water partition coefficient (Wildman–Crippen LogP) is 0.216. The summed E-state index contributed by atoms with van der Waals surface area (Å²) in [6.07, 6.45) is 1.86. The van der Waals surface area contributed by atoms with E-state index in [1.54, 1.807) is 6.42 Å². The minimum atomic E-state index is -0.792. The van der Waals surface area contributed by atoms with Gasteiger partial charge in [-0.05, 0) is 24.7 Å². The minimum absolute atomic E-state index is 0. The third-order valence-electron chi connectivity index (χ3n) is 3.46. The normalized spacial score (nSPS) is 29.7. The van der Waals surface area contributed by atoms with E-state index in [-0.39, 0.29) is 57.4 Å². The van der Waals surface area contributed by atoms with Crippen LogP contribution in [0.2, 0.25) is 0 Å². The molecular formula is C14H19FKN. The Morgan fingerprint density at radius 1 is 1.29 bits per heavy atom. The van der Waals surface area contributed by atoms with Crippen LogP contribution in [0, 0.1) is 6.42 Å². The van der Waals surface area contributed by atoms with Gasteiger partial charge in [0, 0.05) is 12.6 Å². The average Bonchev–Trinajstić information content (AvgIpc) is 2.31. The van der Waals surface area contributed by atoms with Gasteiger partial charge >= 0.3 is 51.4 Å². The SMILES string of the molecule is CC1C[CH-]C(F)C(C)N1Cc1ccccc1.[K+]. The monoisotopic (exact) mass is 259 g/mol. The molecule has 0 saturated carbocycles. The molecule has 1 heterocycles. The Hall–Kier alpha value is 0.746. The number of hydrogen-bond donors (Lipinski definition) is 0. The molecule has 0 N–H and O–H groups in total. The summed E-state index contributed by atoms with van der Waals surface area (Å²) in [6.45, 7) is 4.99. The van der Waals surface area contributed by atoms with Gasteiger partial charge in [-0.25, -0.2) is 0 Å². The van der Waals surface area contributed by atoms with Gasteiger partial charge in [0.25, 0.3) is 0 Å². The Balaban J connectivity index is 0.00000144. The van der Waals surface area contributed by atoms with E-state index in [1.807, 2.05) is 25.1 Å². The van der Waals surface area contributed by atoms with Crippen LogP contribution < -0.4 is 51.4 Å². The van der Waals surface area contributed by atoms with E-state index < -0.39 is 6.17 Å². The minimum Gasteiger partial charge on any atom is -0.296 e. The zero-order chi connectivity index (χ0) is 11.5. The molecule has 1 aromatic rings. The van der Waals surface area contributed by atoms with E-state index in [0.717, 1.165) is 13.0 Å². The zero-order valence-electron chi connectivity index (χ0n) is 10.9. The molecule has 1 nitrogen and oxygen atoms in total. The molecule has 0 amide bonds. The largest absolute Gasteiger partial charge is 1.00 e. The number of piperidine rings is 1. The molecule has 0 radical (unpaired) electrons. The number of halogens is 1. The van der Waals surface area contributed by atoms with Gasteiger partial charge in [-0.1, -0.05) is 37.3 Å². The molecule has 17 heavy (non-hydrogen) atoms. The van der Waals surface area contributed by atoms with Crippen LogP contribution in [0.25, 0.3) is 0 Å². The number of alkyl halides is 1. The molecule has 88 valence electrons. The number of nitrogens with zero attached hydrogens (tertiary/aromatic N) is 1. The van der Waals surface area contributed by atoms with Crippen molar-refractivity contribution in [3.63, 3.8) is 0 Å². The van der Waals surface area contributed by atoms with Crippen molar-refractivity contribution in [1.82, 2.24) is 4.90 Å². The van der Waals surface area contributed by atoms with Crippen LogP contribution in [-0.2, 0) is 6.54 Å².